The lowest BCUT2D eigenvalue weighted by molar-refractivity contribution is -0.137. The zero-order chi connectivity index (χ0) is 25.6. The Balaban J connectivity index is 1.53. The number of halogens is 5. The Morgan fingerprint density at radius 2 is 2.00 bits per heavy atom. The summed E-state index contributed by atoms with van der Waals surface area (Å²) in [7, 11) is -4.23. The quantitative estimate of drug-likeness (QED) is 0.409. The molecule has 1 aliphatic heterocycles. The molecule has 2 atom stereocenters. The first kappa shape index (κ1) is 25.9. The van der Waals surface area contributed by atoms with Gasteiger partial charge in [0.15, 0.2) is 0 Å². The third kappa shape index (κ3) is 5.34. The minimum absolute atomic E-state index is 0.245. The summed E-state index contributed by atoms with van der Waals surface area (Å²) in [5.41, 5.74) is 3.31. The summed E-state index contributed by atoms with van der Waals surface area (Å²) >= 11 is 12.7. The van der Waals surface area contributed by atoms with E-state index in [1.165, 1.54) is 11.1 Å². The van der Waals surface area contributed by atoms with Crippen LogP contribution in [-0.2, 0) is 16.2 Å². The maximum absolute atomic E-state index is 12.9. The Kier molecular flexibility index (Phi) is 6.94. The van der Waals surface area contributed by atoms with E-state index >= 15 is 0 Å². The molecule has 2 unspecified atom stereocenters. The highest BCUT2D eigenvalue weighted by molar-refractivity contribution is 7.89. The second-order valence-electron chi connectivity index (χ2n) is 9.23. The van der Waals surface area contributed by atoms with Crippen LogP contribution in [0.25, 0.3) is 0 Å². The van der Waals surface area contributed by atoms with E-state index in [1.807, 2.05) is 13.8 Å². The largest absolute Gasteiger partial charge is 0.416 e. The first-order chi connectivity index (χ1) is 16.3. The van der Waals surface area contributed by atoms with Gasteiger partial charge in [-0.15, -0.1) is 11.6 Å². The van der Waals surface area contributed by atoms with Crippen LogP contribution in [0.3, 0.4) is 0 Å². The predicted molar refractivity (Wildman–Crippen MR) is 132 cm³/mol. The van der Waals surface area contributed by atoms with E-state index in [-0.39, 0.29) is 5.70 Å². The molecule has 188 valence electrons. The molecule has 0 radical (unpaired) electrons. The zero-order valence-corrected chi connectivity index (χ0v) is 21.5. The van der Waals surface area contributed by atoms with Crippen molar-refractivity contribution in [1.82, 2.24) is 10.0 Å². The number of hydrogen-bond acceptors (Lipinski definition) is 3. The minimum Gasteiger partial charge on any atom is -0.381 e. The molecule has 4 nitrogen and oxygen atoms in total. The van der Waals surface area contributed by atoms with E-state index < -0.39 is 42.5 Å². The molecule has 10 heteroatoms. The maximum Gasteiger partial charge on any atom is 0.416 e. The third-order valence-electron chi connectivity index (χ3n) is 6.70. The van der Waals surface area contributed by atoms with Gasteiger partial charge in [-0.25, -0.2) is 8.42 Å². The second-order valence-corrected chi connectivity index (χ2v) is 11.8. The summed E-state index contributed by atoms with van der Waals surface area (Å²) in [6.45, 7) is 4.65. The van der Waals surface area contributed by atoms with Crippen LogP contribution in [0.1, 0.15) is 38.7 Å². The van der Waals surface area contributed by atoms with E-state index in [0.717, 1.165) is 30.2 Å². The van der Waals surface area contributed by atoms with E-state index in [9.17, 15) is 21.6 Å². The van der Waals surface area contributed by atoms with Crippen molar-refractivity contribution in [3.8, 4) is 0 Å². The summed E-state index contributed by atoms with van der Waals surface area (Å²) < 4.78 is 66.9. The van der Waals surface area contributed by atoms with Crippen molar-refractivity contribution < 1.29 is 21.6 Å². The van der Waals surface area contributed by atoms with Gasteiger partial charge in [-0.1, -0.05) is 36.2 Å². The average molecular weight is 545 g/mol. The third-order valence-corrected chi connectivity index (χ3v) is 9.17. The van der Waals surface area contributed by atoms with Gasteiger partial charge >= 0.3 is 6.18 Å². The Labute approximate surface area is 213 Å². The van der Waals surface area contributed by atoms with Crippen molar-refractivity contribution in [2.24, 2.45) is 5.41 Å². The topological polar surface area (TPSA) is 58.2 Å². The molecule has 1 heterocycles. The van der Waals surface area contributed by atoms with Gasteiger partial charge in [0, 0.05) is 23.4 Å². The van der Waals surface area contributed by atoms with Crippen LogP contribution < -0.4 is 10.0 Å². The van der Waals surface area contributed by atoms with Crippen LogP contribution >= 0.6 is 23.2 Å². The van der Waals surface area contributed by atoms with Gasteiger partial charge in [-0.3, -0.25) is 4.72 Å². The summed E-state index contributed by atoms with van der Waals surface area (Å²) in [5.74, 6) is 0. The predicted octanol–water partition coefficient (Wildman–Crippen LogP) is 6.62. The van der Waals surface area contributed by atoms with Crippen LogP contribution in [0.15, 0.2) is 81.6 Å². The minimum atomic E-state index is -4.63. The summed E-state index contributed by atoms with van der Waals surface area (Å²) in [6, 6.07) is 2.14. The lowest BCUT2D eigenvalue weighted by Crippen LogP contribution is -2.36. The summed E-state index contributed by atoms with van der Waals surface area (Å²) in [5, 5.41) is 2.42. The maximum atomic E-state index is 12.9. The van der Waals surface area contributed by atoms with Gasteiger partial charge in [0.05, 0.1) is 16.0 Å². The fourth-order valence-electron chi connectivity index (χ4n) is 4.51. The molecule has 2 N–H and O–H groups in total. The zero-order valence-electron chi connectivity index (χ0n) is 19.1. The van der Waals surface area contributed by atoms with Gasteiger partial charge in [0.1, 0.15) is 4.90 Å². The molecular formula is C25H25Cl2F3N2O2S. The Morgan fingerprint density at radius 3 is 2.66 bits per heavy atom. The number of allylic oxidation sites excluding steroid dienone is 7. The highest BCUT2D eigenvalue weighted by atomic mass is 35.5. The SMILES string of the molecule is CC1=CC(NS(=O)(=O)c2ccc(C(F)(F)F)cc2Cl)=CC(Cl)C1(C)CC1=CC2=C(C=CCC2)NC1. The van der Waals surface area contributed by atoms with Gasteiger partial charge in [0.25, 0.3) is 10.0 Å². The molecule has 0 amide bonds. The molecule has 1 aromatic carbocycles. The summed E-state index contributed by atoms with van der Waals surface area (Å²) in [6.07, 6.45) is 7.87. The molecule has 2 aliphatic carbocycles. The van der Waals surface area contributed by atoms with Crippen molar-refractivity contribution in [1.29, 1.82) is 0 Å². The van der Waals surface area contributed by atoms with Crippen molar-refractivity contribution in [3.05, 3.63) is 87.3 Å². The molecule has 1 aromatic rings. The fraction of sp³-hybridized carbons (Fsp3) is 0.360. The Morgan fingerprint density at radius 1 is 1.26 bits per heavy atom. The molecule has 0 spiro atoms. The van der Waals surface area contributed by atoms with Crippen molar-refractivity contribution in [3.63, 3.8) is 0 Å². The number of sulfonamides is 1. The van der Waals surface area contributed by atoms with Crippen molar-refractivity contribution in [2.45, 2.75) is 49.6 Å². The highest BCUT2D eigenvalue weighted by Gasteiger charge is 2.38. The molecule has 35 heavy (non-hydrogen) atoms. The van der Waals surface area contributed by atoms with Gasteiger partial charge in [-0.2, -0.15) is 13.2 Å². The van der Waals surface area contributed by atoms with Crippen molar-refractivity contribution in [2.75, 3.05) is 6.54 Å². The van der Waals surface area contributed by atoms with E-state index in [1.54, 1.807) is 12.2 Å². The van der Waals surface area contributed by atoms with E-state index in [0.29, 0.717) is 25.1 Å². The van der Waals surface area contributed by atoms with Crippen LogP contribution in [0.5, 0.6) is 0 Å². The molecule has 0 saturated heterocycles. The van der Waals surface area contributed by atoms with Gasteiger partial charge in [-0.05, 0) is 73.8 Å². The number of nitrogens with one attached hydrogen (secondary N) is 2. The monoisotopic (exact) mass is 544 g/mol. The fourth-order valence-corrected chi connectivity index (χ4v) is 6.49. The smallest absolute Gasteiger partial charge is 0.381 e. The van der Waals surface area contributed by atoms with Gasteiger partial charge < -0.3 is 5.32 Å². The number of dihydropyridines is 1. The summed E-state index contributed by atoms with van der Waals surface area (Å²) in [4.78, 5) is -0.442. The highest BCUT2D eigenvalue weighted by Crippen LogP contribution is 2.45. The molecule has 0 aromatic heterocycles. The molecule has 3 aliphatic rings. The number of alkyl halides is 4. The Bertz CT molecular complexity index is 1310. The first-order valence-electron chi connectivity index (χ1n) is 11.1. The molecule has 0 bridgehead atoms. The van der Waals surface area contributed by atoms with Crippen LogP contribution in [0.2, 0.25) is 5.02 Å². The number of rotatable bonds is 5. The second kappa shape index (κ2) is 9.37. The average Bonchev–Trinajstić information content (AvgIpc) is 2.76. The standard InChI is InChI=1S/C25H25Cl2F3N2O2S/c1-15-9-19(32-35(33,34)22-8-7-18(11-20(22)26)25(28,29)30)12-23(27)24(15,2)13-16-10-17-5-3-4-6-21(17)31-14-16/h4,6-12,23,31-32H,3,5,13-14H2,1-2H3. The molecular weight excluding hydrogens is 520 g/mol. The normalized spacial score (nSPS) is 24.8. The van der Waals surface area contributed by atoms with Crippen LogP contribution in [0.4, 0.5) is 13.2 Å². The molecule has 0 saturated carbocycles. The van der Waals surface area contributed by atoms with Crippen molar-refractivity contribution >= 4 is 33.2 Å². The first-order valence-corrected chi connectivity index (χ1v) is 13.4. The molecule has 0 fully saturated rings. The Hall–Kier alpha value is -2.16. The number of benzene rings is 1. The molecule has 4 rings (SSSR count). The van der Waals surface area contributed by atoms with Crippen LogP contribution in [-0.4, -0.2) is 20.3 Å². The lowest BCUT2D eigenvalue weighted by atomic mass is 9.71. The van der Waals surface area contributed by atoms with E-state index in [2.05, 4.69) is 28.3 Å². The number of hydrogen-bond donors (Lipinski definition) is 2. The van der Waals surface area contributed by atoms with E-state index in [4.69, 9.17) is 23.2 Å². The van der Waals surface area contributed by atoms with Crippen LogP contribution in [0, 0.1) is 5.41 Å². The lowest BCUT2D eigenvalue weighted by Gasteiger charge is -2.39. The van der Waals surface area contributed by atoms with Gasteiger partial charge in [0.2, 0.25) is 0 Å².